The van der Waals surface area contributed by atoms with E-state index < -0.39 is 8.80 Å². The molecule has 0 atom stereocenters. The number of hydrogen-bond donors (Lipinski definition) is 0. The van der Waals surface area contributed by atoms with Crippen molar-refractivity contribution in [2.45, 2.75) is 65.8 Å². The third kappa shape index (κ3) is 9.02. The number of hydrogen-bond acceptors (Lipinski definition) is 3. The summed E-state index contributed by atoms with van der Waals surface area (Å²) in [6.07, 6.45) is 6.34. The molecule has 0 aliphatic rings. The van der Waals surface area contributed by atoms with Crippen LogP contribution in [0.1, 0.15) is 59.8 Å². The van der Waals surface area contributed by atoms with Gasteiger partial charge in [-0.1, -0.05) is 32.6 Å². The van der Waals surface area contributed by atoms with E-state index in [1.807, 2.05) is 20.8 Å². The largest absolute Gasteiger partial charge is 0.500 e. The van der Waals surface area contributed by atoms with Gasteiger partial charge in [0, 0.05) is 25.9 Å². The van der Waals surface area contributed by atoms with Crippen LogP contribution < -0.4 is 0 Å². The van der Waals surface area contributed by atoms with E-state index in [1.54, 1.807) is 0 Å². The summed E-state index contributed by atoms with van der Waals surface area (Å²) in [5.41, 5.74) is 0. The van der Waals surface area contributed by atoms with Gasteiger partial charge >= 0.3 is 8.80 Å². The molecular weight excluding hydrogens is 251 g/mol. The van der Waals surface area contributed by atoms with Gasteiger partial charge in [0.05, 0.1) is 0 Å². The van der Waals surface area contributed by atoms with Crippen molar-refractivity contribution in [3.05, 3.63) is 0 Å². The standard InChI is InChI=1S/C13H30O3Si.FH/c1-5-9-10-11-12-13-17(14-6-2,15-7-3)16-8-4;/h5-13H2,1-4H3;1H. The highest BCUT2D eigenvalue weighted by atomic mass is 28.4. The molecule has 0 aromatic rings. The maximum atomic E-state index is 5.81. The lowest BCUT2D eigenvalue weighted by atomic mass is 10.2. The summed E-state index contributed by atoms with van der Waals surface area (Å²) in [6, 6.07) is 0.965. The summed E-state index contributed by atoms with van der Waals surface area (Å²) in [5.74, 6) is 0. The van der Waals surface area contributed by atoms with Crippen molar-refractivity contribution in [1.82, 2.24) is 0 Å². The van der Waals surface area contributed by atoms with Crippen LogP contribution in [-0.4, -0.2) is 28.6 Å². The molecule has 0 radical (unpaired) electrons. The Morgan fingerprint density at radius 2 is 1.11 bits per heavy atom. The molecule has 112 valence electrons. The number of halogens is 1. The van der Waals surface area contributed by atoms with E-state index in [-0.39, 0.29) is 4.70 Å². The van der Waals surface area contributed by atoms with Gasteiger partial charge in [0.25, 0.3) is 0 Å². The fraction of sp³-hybridized carbons (Fsp3) is 1.00. The van der Waals surface area contributed by atoms with Crippen LogP contribution in [0.25, 0.3) is 0 Å². The fourth-order valence-electron chi connectivity index (χ4n) is 1.95. The predicted octanol–water partition coefficient (Wildman–Crippen LogP) is 4.16. The van der Waals surface area contributed by atoms with E-state index >= 15 is 0 Å². The van der Waals surface area contributed by atoms with Crippen molar-refractivity contribution in [2.75, 3.05) is 19.8 Å². The fourth-order valence-corrected chi connectivity index (χ4v) is 4.63. The van der Waals surface area contributed by atoms with Gasteiger partial charge in [0.1, 0.15) is 0 Å². The van der Waals surface area contributed by atoms with Gasteiger partial charge < -0.3 is 13.3 Å². The highest BCUT2D eigenvalue weighted by Crippen LogP contribution is 2.20. The minimum Gasteiger partial charge on any atom is -0.374 e. The van der Waals surface area contributed by atoms with Gasteiger partial charge in [0.15, 0.2) is 0 Å². The zero-order valence-corrected chi connectivity index (χ0v) is 13.5. The van der Waals surface area contributed by atoms with Crippen LogP contribution >= 0.6 is 0 Å². The minimum atomic E-state index is -2.36. The molecule has 0 aromatic heterocycles. The summed E-state index contributed by atoms with van der Waals surface area (Å²) in [7, 11) is -2.36. The highest BCUT2D eigenvalue weighted by Gasteiger charge is 2.39. The maximum Gasteiger partial charge on any atom is 0.500 e. The Labute approximate surface area is 113 Å². The monoisotopic (exact) mass is 282 g/mol. The molecule has 0 aliphatic carbocycles. The second kappa shape index (κ2) is 13.5. The van der Waals surface area contributed by atoms with Crippen LogP contribution in [0.5, 0.6) is 0 Å². The van der Waals surface area contributed by atoms with Gasteiger partial charge in [-0.2, -0.15) is 0 Å². The molecule has 3 nitrogen and oxygen atoms in total. The SMILES string of the molecule is CCCCCCC[Si](OCC)(OCC)OCC.F. The molecule has 0 fully saturated rings. The molecule has 0 spiro atoms. The zero-order valence-electron chi connectivity index (χ0n) is 12.5. The van der Waals surface area contributed by atoms with E-state index in [0.717, 1.165) is 12.5 Å². The molecule has 0 heterocycles. The van der Waals surface area contributed by atoms with E-state index in [9.17, 15) is 0 Å². The van der Waals surface area contributed by atoms with Crippen molar-refractivity contribution in [3.63, 3.8) is 0 Å². The van der Waals surface area contributed by atoms with Gasteiger partial charge in [-0.05, 0) is 27.2 Å². The van der Waals surface area contributed by atoms with E-state index in [2.05, 4.69) is 6.92 Å². The molecule has 0 bridgehead atoms. The quantitative estimate of drug-likeness (QED) is 0.397. The number of unbranched alkanes of at least 4 members (excludes halogenated alkanes) is 4. The average Bonchev–Trinajstić information content (AvgIpc) is 2.30. The topological polar surface area (TPSA) is 27.7 Å². The van der Waals surface area contributed by atoms with Crippen LogP contribution in [-0.2, 0) is 13.3 Å². The molecule has 0 aromatic carbocycles. The second-order valence-corrected chi connectivity index (χ2v) is 6.88. The maximum absolute atomic E-state index is 5.81. The molecule has 0 saturated heterocycles. The summed E-state index contributed by atoms with van der Waals surface area (Å²) in [6.45, 7) is 10.3. The van der Waals surface area contributed by atoms with Crippen molar-refractivity contribution in [1.29, 1.82) is 0 Å². The third-order valence-electron chi connectivity index (χ3n) is 2.68. The van der Waals surface area contributed by atoms with Crippen LogP contribution in [0.4, 0.5) is 4.70 Å². The Kier molecular flexibility index (Phi) is 15.2. The second-order valence-electron chi connectivity index (χ2n) is 4.15. The minimum absolute atomic E-state index is 0. The Bertz CT molecular complexity index is 153. The molecule has 18 heavy (non-hydrogen) atoms. The Morgan fingerprint density at radius 1 is 0.667 bits per heavy atom. The molecule has 0 aliphatic heterocycles. The first-order chi connectivity index (χ1) is 8.24. The van der Waals surface area contributed by atoms with Crippen molar-refractivity contribution in [2.24, 2.45) is 0 Å². The van der Waals surface area contributed by atoms with Crippen molar-refractivity contribution in [3.8, 4) is 0 Å². The van der Waals surface area contributed by atoms with Crippen LogP contribution in [0, 0.1) is 0 Å². The van der Waals surface area contributed by atoms with Crippen LogP contribution in [0.3, 0.4) is 0 Å². The summed E-state index contributed by atoms with van der Waals surface area (Å²) >= 11 is 0. The molecule has 0 rings (SSSR count). The first-order valence-corrected chi connectivity index (χ1v) is 9.09. The zero-order chi connectivity index (χ0) is 13.0. The lowest BCUT2D eigenvalue weighted by Crippen LogP contribution is -2.45. The van der Waals surface area contributed by atoms with Crippen molar-refractivity contribution < 1.29 is 18.0 Å². The molecule has 0 unspecified atom stereocenters. The van der Waals surface area contributed by atoms with E-state index in [4.69, 9.17) is 13.3 Å². The normalized spacial score (nSPS) is 11.3. The molecule has 0 N–H and O–H groups in total. The van der Waals surface area contributed by atoms with Crippen LogP contribution in [0.2, 0.25) is 6.04 Å². The number of rotatable bonds is 12. The van der Waals surface area contributed by atoms with Gasteiger partial charge in [-0.3, -0.25) is 4.70 Å². The lowest BCUT2D eigenvalue weighted by Gasteiger charge is -2.28. The van der Waals surface area contributed by atoms with Gasteiger partial charge in [-0.15, -0.1) is 0 Å². The summed E-state index contributed by atoms with van der Waals surface area (Å²) in [5, 5.41) is 0. The predicted molar refractivity (Wildman–Crippen MR) is 76.7 cm³/mol. The smallest absolute Gasteiger partial charge is 0.374 e. The Balaban J connectivity index is 0. The Hall–Kier alpha value is 0.0269. The molecule has 5 heteroatoms. The highest BCUT2D eigenvalue weighted by molar-refractivity contribution is 6.60. The van der Waals surface area contributed by atoms with Crippen molar-refractivity contribution >= 4 is 8.80 Å². The van der Waals surface area contributed by atoms with Gasteiger partial charge in [-0.25, -0.2) is 0 Å². The molecule has 0 saturated carbocycles. The summed E-state index contributed by atoms with van der Waals surface area (Å²) < 4.78 is 17.4. The first kappa shape index (κ1) is 20.3. The third-order valence-corrected chi connectivity index (χ3v) is 5.83. The lowest BCUT2D eigenvalue weighted by molar-refractivity contribution is 0.0706. The Morgan fingerprint density at radius 3 is 1.50 bits per heavy atom. The summed E-state index contributed by atoms with van der Waals surface area (Å²) in [4.78, 5) is 0. The first-order valence-electron chi connectivity index (χ1n) is 7.16. The van der Waals surface area contributed by atoms with Gasteiger partial charge in [0.2, 0.25) is 0 Å². The average molecular weight is 282 g/mol. The molecule has 0 amide bonds. The van der Waals surface area contributed by atoms with E-state index in [1.165, 1.54) is 25.7 Å². The van der Waals surface area contributed by atoms with Crippen LogP contribution in [0.15, 0.2) is 0 Å². The van der Waals surface area contributed by atoms with E-state index in [0.29, 0.717) is 19.8 Å². The molecular formula is C13H31FO3Si.